The molecule has 0 heterocycles. The number of guanidine groups is 2. The van der Waals surface area contributed by atoms with Gasteiger partial charge in [-0.25, -0.2) is 0 Å². The minimum atomic E-state index is 0.0398. The lowest BCUT2D eigenvalue weighted by molar-refractivity contribution is 0.634. The SMILES string of the molecule is N=C(NCCCCCCN)NC(=N)Nc1ccc(Cl)cc1. The maximum Gasteiger partial charge on any atom is 0.199 e. The molecule has 0 spiro atoms. The predicted molar refractivity (Wildman–Crippen MR) is 89.2 cm³/mol. The minimum Gasteiger partial charge on any atom is -0.356 e. The van der Waals surface area contributed by atoms with E-state index >= 15 is 0 Å². The van der Waals surface area contributed by atoms with E-state index < -0.39 is 0 Å². The van der Waals surface area contributed by atoms with Gasteiger partial charge in [0.05, 0.1) is 0 Å². The van der Waals surface area contributed by atoms with Crippen LogP contribution in [0.2, 0.25) is 5.02 Å². The van der Waals surface area contributed by atoms with Crippen molar-refractivity contribution in [3.63, 3.8) is 0 Å². The van der Waals surface area contributed by atoms with Crippen LogP contribution >= 0.6 is 11.6 Å². The van der Waals surface area contributed by atoms with Gasteiger partial charge in [0.2, 0.25) is 0 Å². The number of hydrogen-bond donors (Lipinski definition) is 6. The Morgan fingerprint density at radius 1 is 1.00 bits per heavy atom. The molecular weight excluding hydrogens is 288 g/mol. The highest BCUT2D eigenvalue weighted by atomic mass is 35.5. The van der Waals surface area contributed by atoms with Crippen molar-refractivity contribution >= 4 is 29.2 Å². The first-order valence-corrected chi connectivity index (χ1v) is 7.40. The van der Waals surface area contributed by atoms with Crippen LogP contribution in [0.5, 0.6) is 0 Å². The molecule has 0 saturated heterocycles. The van der Waals surface area contributed by atoms with Crippen molar-refractivity contribution in [2.24, 2.45) is 5.73 Å². The van der Waals surface area contributed by atoms with Crippen LogP contribution in [0.1, 0.15) is 25.7 Å². The molecule has 0 aliphatic rings. The normalized spacial score (nSPS) is 10.0. The second kappa shape index (κ2) is 10.0. The summed E-state index contributed by atoms with van der Waals surface area (Å²) in [6.45, 7) is 1.45. The van der Waals surface area contributed by atoms with E-state index in [0.29, 0.717) is 11.6 Å². The lowest BCUT2D eigenvalue weighted by Gasteiger charge is -2.12. The molecule has 0 fully saturated rings. The molecule has 0 saturated carbocycles. The largest absolute Gasteiger partial charge is 0.356 e. The zero-order chi connectivity index (χ0) is 15.5. The maximum atomic E-state index is 7.73. The highest BCUT2D eigenvalue weighted by Crippen LogP contribution is 2.12. The van der Waals surface area contributed by atoms with Gasteiger partial charge in [0.1, 0.15) is 0 Å². The smallest absolute Gasteiger partial charge is 0.199 e. The number of hydrogen-bond acceptors (Lipinski definition) is 3. The van der Waals surface area contributed by atoms with Crippen LogP contribution in [0, 0.1) is 10.8 Å². The van der Waals surface area contributed by atoms with E-state index in [1.54, 1.807) is 24.3 Å². The molecule has 0 aliphatic heterocycles. The molecule has 6 nitrogen and oxygen atoms in total. The summed E-state index contributed by atoms with van der Waals surface area (Å²) in [4.78, 5) is 0. The molecule has 0 unspecified atom stereocenters. The van der Waals surface area contributed by atoms with E-state index in [1.165, 1.54) is 0 Å². The molecule has 1 aromatic carbocycles. The topological polar surface area (TPSA) is 110 Å². The third-order valence-corrected chi connectivity index (χ3v) is 3.05. The summed E-state index contributed by atoms with van der Waals surface area (Å²) in [6, 6.07) is 7.02. The molecule has 0 aromatic heterocycles. The average Bonchev–Trinajstić information content (AvgIpc) is 2.45. The Kier molecular flexibility index (Phi) is 8.23. The molecule has 0 amide bonds. The first kappa shape index (κ1) is 17.3. The van der Waals surface area contributed by atoms with E-state index in [2.05, 4.69) is 16.0 Å². The Bertz CT molecular complexity index is 445. The van der Waals surface area contributed by atoms with Gasteiger partial charge in [-0.05, 0) is 43.7 Å². The standard InChI is InChI=1S/C14H23ClN6/c15-11-5-7-12(8-6-11)20-14(18)21-13(17)19-10-4-2-1-3-9-16/h5-8H,1-4,9-10,16H2,(H5,17,18,19,20,21). The Hall–Kier alpha value is -1.79. The molecular formula is C14H23ClN6. The summed E-state index contributed by atoms with van der Waals surface area (Å²) in [6.07, 6.45) is 4.25. The number of rotatable bonds is 7. The highest BCUT2D eigenvalue weighted by molar-refractivity contribution is 6.30. The van der Waals surface area contributed by atoms with E-state index in [9.17, 15) is 0 Å². The summed E-state index contributed by atoms with van der Waals surface area (Å²) < 4.78 is 0. The van der Waals surface area contributed by atoms with Gasteiger partial charge < -0.3 is 16.4 Å². The van der Waals surface area contributed by atoms with Gasteiger partial charge >= 0.3 is 0 Å². The molecule has 0 radical (unpaired) electrons. The zero-order valence-corrected chi connectivity index (χ0v) is 12.8. The zero-order valence-electron chi connectivity index (χ0n) is 12.0. The molecule has 0 atom stereocenters. The number of nitrogens with one attached hydrogen (secondary N) is 5. The molecule has 0 aliphatic carbocycles. The van der Waals surface area contributed by atoms with E-state index in [0.717, 1.165) is 37.9 Å². The number of nitrogens with two attached hydrogens (primary N) is 1. The third-order valence-electron chi connectivity index (χ3n) is 2.80. The lowest BCUT2D eigenvalue weighted by Crippen LogP contribution is -2.43. The van der Waals surface area contributed by atoms with Crippen molar-refractivity contribution < 1.29 is 0 Å². The quantitative estimate of drug-likeness (QED) is 0.264. The summed E-state index contributed by atoms with van der Waals surface area (Å²) in [7, 11) is 0. The van der Waals surface area contributed by atoms with Crippen molar-refractivity contribution in [2.45, 2.75) is 25.7 Å². The van der Waals surface area contributed by atoms with Crippen LogP contribution in [-0.4, -0.2) is 25.0 Å². The van der Waals surface area contributed by atoms with Crippen molar-refractivity contribution in [1.29, 1.82) is 10.8 Å². The molecule has 7 heteroatoms. The molecule has 0 bridgehead atoms. The van der Waals surface area contributed by atoms with Crippen molar-refractivity contribution in [3.8, 4) is 0 Å². The second-order valence-electron chi connectivity index (χ2n) is 4.64. The van der Waals surface area contributed by atoms with Gasteiger partial charge in [0, 0.05) is 17.3 Å². The fourth-order valence-corrected chi connectivity index (χ4v) is 1.84. The van der Waals surface area contributed by atoms with Gasteiger partial charge in [-0.15, -0.1) is 0 Å². The van der Waals surface area contributed by atoms with E-state index in [-0.39, 0.29) is 11.9 Å². The van der Waals surface area contributed by atoms with E-state index in [4.69, 9.17) is 28.2 Å². The Labute approximate surface area is 130 Å². The Morgan fingerprint density at radius 2 is 1.67 bits per heavy atom. The number of unbranched alkanes of at least 4 members (excludes halogenated alkanes) is 3. The van der Waals surface area contributed by atoms with Gasteiger partial charge in [-0.1, -0.05) is 24.4 Å². The van der Waals surface area contributed by atoms with Crippen LogP contribution in [0.3, 0.4) is 0 Å². The van der Waals surface area contributed by atoms with Crippen LogP contribution < -0.4 is 21.7 Å². The predicted octanol–water partition coefficient (Wildman–Crippen LogP) is 2.32. The fraction of sp³-hybridized carbons (Fsp3) is 0.429. The third kappa shape index (κ3) is 8.16. The molecule has 7 N–H and O–H groups in total. The summed E-state index contributed by atoms with van der Waals surface area (Å²) in [5.41, 5.74) is 6.16. The molecule has 1 rings (SSSR count). The summed E-state index contributed by atoms with van der Waals surface area (Å²) in [5, 5.41) is 24.5. The van der Waals surface area contributed by atoms with Crippen LogP contribution in [0.25, 0.3) is 0 Å². The monoisotopic (exact) mass is 310 g/mol. The van der Waals surface area contributed by atoms with Crippen molar-refractivity contribution in [3.05, 3.63) is 29.3 Å². The fourth-order valence-electron chi connectivity index (χ4n) is 1.71. The highest BCUT2D eigenvalue weighted by Gasteiger charge is 2.01. The van der Waals surface area contributed by atoms with Crippen LogP contribution in [0.4, 0.5) is 5.69 Å². The van der Waals surface area contributed by atoms with Gasteiger partial charge in [-0.2, -0.15) is 0 Å². The Morgan fingerprint density at radius 3 is 2.33 bits per heavy atom. The average molecular weight is 311 g/mol. The summed E-state index contributed by atoms with van der Waals surface area (Å²) >= 11 is 5.79. The number of benzene rings is 1. The lowest BCUT2D eigenvalue weighted by atomic mass is 10.2. The second-order valence-corrected chi connectivity index (χ2v) is 5.07. The van der Waals surface area contributed by atoms with Crippen LogP contribution in [-0.2, 0) is 0 Å². The molecule has 21 heavy (non-hydrogen) atoms. The van der Waals surface area contributed by atoms with Gasteiger partial charge in [0.25, 0.3) is 0 Å². The van der Waals surface area contributed by atoms with Gasteiger partial charge in [-0.3, -0.25) is 16.1 Å². The van der Waals surface area contributed by atoms with Crippen molar-refractivity contribution in [1.82, 2.24) is 10.6 Å². The number of anilines is 1. The van der Waals surface area contributed by atoms with E-state index in [1.807, 2.05) is 0 Å². The first-order valence-electron chi connectivity index (χ1n) is 7.02. The minimum absolute atomic E-state index is 0.0398. The first-order chi connectivity index (χ1) is 10.1. The maximum absolute atomic E-state index is 7.73. The number of halogens is 1. The Balaban J connectivity index is 2.16. The molecule has 1 aromatic rings. The molecule has 116 valence electrons. The van der Waals surface area contributed by atoms with Crippen LogP contribution in [0.15, 0.2) is 24.3 Å². The summed E-state index contributed by atoms with van der Waals surface area (Å²) in [5.74, 6) is 0.151. The van der Waals surface area contributed by atoms with Crippen molar-refractivity contribution in [2.75, 3.05) is 18.4 Å². The van der Waals surface area contributed by atoms with Gasteiger partial charge in [0.15, 0.2) is 11.9 Å².